The molecule has 2 heterocycles. The zero-order chi connectivity index (χ0) is 20.1. The van der Waals surface area contributed by atoms with Gasteiger partial charge < -0.3 is 20.4 Å². The molecule has 148 valence electrons. The van der Waals surface area contributed by atoms with Gasteiger partial charge in [-0.15, -0.1) is 0 Å². The predicted octanol–water partition coefficient (Wildman–Crippen LogP) is 3.07. The van der Waals surface area contributed by atoms with Crippen LogP contribution in [0.15, 0.2) is 53.6 Å². The largest absolute Gasteiger partial charge is 0.508 e. The molecule has 4 rings (SSSR count). The molecule has 1 aliphatic heterocycles. The zero-order valence-electron chi connectivity index (χ0n) is 15.7. The van der Waals surface area contributed by atoms with Gasteiger partial charge in [-0.25, -0.2) is 5.43 Å². The normalized spacial score (nSPS) is 13.7. The number of phenolic OH excluding ortho intramolecular Hbond substituents is 2. The van der Waals surface area contributed by atoms with Crippen molar-refractivity contribution in [2.75, 3.05) is 28.7 Å². The summed E-state index contributed by atoms with van der Waals surface area (Å²) in [5.74, 6) is 1.20. The van der Waals surface area contributed by atoms with Crippen LogP contribution in [0, 0.1) is 0 Å². The van der Waals surface area contributed by atoms with E-state index < -0.39 is 0 Å². The Balaban J connectivity index is 1.56. The highest BCUT2D eigenvalue weighted by molar-refractivity contribution is 5.84. The third kappa shape index (κ3) is 4.70. The second-order valence-corrected chi connectivity index (χ2v) is 6.58. The van der Waals surface area contributed by atoms with E-state index in [0.29, 0.717) is 17.5 Å². The summed E-state index contributed by atoms with van der Waals surface area (Å²) in [6, 6.07) is 13.9. The van der Waals surface area contributed by atoms with E-state index in [1.807, 2.05) is 30.3 Å². The molecule has 0 unspecified atom stereocenters. The number of nitrogens with one attached hydrogen (secondary N) is 2. The van der Waals surface area contributed by atoms with Crippen molar-refractivity contribution < 1.29 is 10.2 Å². The third-order valence-electron chi connectivity index (χ3n) is 4.42. The van der Waals surface area contributed by atoms with Crippen LogP contribution in [0.1, 0.15) is 18.4 Å². The zero-order valence-corrected chi connectivity index (χ0v) is 15.7. The Hall–Kier alpha value is -3.88. The smallest absolute Gasteiger partial charge is 0.250 e. The molecule has 1 aromatic heterocycles. The van der Waals surface area contributed by atoms with Gasteiger partial charge in [0.1, 0.15) is 11.5 Å². The van der Waals surface area contributed by atoms with Crippen molar-refractivity contribution in [2.45, 2.75) is 12.8 Å². The average molecular weight is 391 g/mol. The molecule has 0 atom stereocenters. The molecule has 0 bridgehead atoms. The van der Waals surface area contributed by atoms with Gasteiger partial charge in [-0.05, 0) is 37.1 Å². The summed E-state index contributed by atoms with van der Waals surface area (Å²) in [5.41, 5.74) is 4.11. The second kappa shape index (κ2) is 8.42. The van der Waals surface area contributed by atoms with Crippen molar-refractivity contribution in [1.29, 1.82) is 0 Å². The number of nitrogens with zero attached hydrogens (tertiary/aromatic N) is 5. The summed E-state index contributed by atoms with van der Waals surface area (Å²) < 4.78 is 0. The van der Waals surface area contributed by atoms with Crippen LogP contribution in [0.4, 0.5) is 23.5 Å². The van der Waals surface area contributed by atoms with Crippen LogP contribution in [-0.4, -0.2) is 44.5 Å². The lowest BCUT2D eigenvalue weighted by atomic mass is 10.2. The molecular formula is C20H21N7O2. The molecule has 4 N–H and O–H groups in total. The first-order valence-electron chi connectivity index (χ1n) is 9.31. The van der Waals surface area contributed by atoms with Crippen molar-refractivity contribution in [3.63, 3.8) is 0 Å². The maximum Gasteiger partial charge on any atom is 0.250 e. The summed E-state index contributed by atoms with van der Waals surface area (Å²) in [6.45, 7) is 1.80. The maximum absolute atomic E-state index is 9.85. The Bertz CT molecular complexity index is 1000. The van der Waals surface area contributed by atoms with Crippen molar-refractivity contribution in [2.24, 2.45) is 5.10 Å². The Labute approximate surface area is 167 Å². The number of hydrazone groups is 1. The molecule has 0 aliphatic carbocycles. The van der Waals surface area contributed by atoms with E-state index >= 15 is 0 Å². The highest BCUT2D eigenvalue weighted by Crippen LogP contribution is 2.22. The Morgan fingerprint density at radius 3 is 2.45 bits per heavy atom. The first kappa shape index (κ1) is 18.5. The second-order valence-electron chi connectivity index (χ2n) is 6.58. The molecule has 1 fully saturated rings. The minimum absolute atomic E-state index is 0.0167. The van der Waals surface area contributed by atoms with Crippen molar-refractivity contribution >= 4 is 29.7 Å². The molecule has 1 aliphatic rings. The summed E-state index contributed by atoms with van der Waals surface area (Å²) in [7, 11) is 0. The van der Waals surface area contributed by atoms with Gasteiger partial charge in [0.2, 0.25) is 17.8 Å². The van der Waals surface area contributed by atoms with Crippen molar-refractivity contribution in [3.8, 4) is 11.5 Å². The summed E-state index contributed by atoms with van der Waals surface area (Å²) in [4.78, 5) is 15.5. The predicted molar refractivity (Wildman–Crippen MR) is 112 cm³/mol. The van der Waals surface area contributed by atoms with Gasteiger partial charge in [-0.3, -0.25) is 0 Å². The number of anilines is 4. The molecule has 1 saturated heterocycles. The minimum atomic E-state index is -0.0737. The van der Waals surface area contributed by atoms with E-state index in [2.05, 4.69) is 35.7 Å². The van der Waals surface area contributed by atoms with E-state index in [9.17, 15) is 10.2 Å². The van der Waals surface area contributed by atoms with Crippen LogP contribution in [-0.2, 0) is 0 Å². The number of aromatic hydroxyl groups is 2. The topological polar surface area (TPSA) is 119 Å². The molecule has 9 heteroatoms. The molecule has 3 aromatic rings. The minimum Gasteiger partial charge on any atom is -0.508 e. The van der Waals surface area contributed by atoms with Crippen molar-refractivity contribution in [3.05, 3.63) is 54.1 Å². The van der Waals surface area contributed by atoms with Crippen molar-refractivity contribution in [1.82, 2.24) is 15.0 Å². The van der Waals surface area contributed by atoms with Crippen LogP contribution in [0.3, 0.4) is 0 Å². The number of hydrogen-bond donors (Lipinski definition) is 4. The van der Waals surface area contributed by atoms with Crippen LogP contribution >= 0.6 is 0 Å². The number of hydrogen-bond acceptors (Lipinski definition) is 9. The molecule has 29 heavy (non-hydrogen) atoms. The summed E-state index contributed by atoms with van der Waals surface area (Å²) in [6.07, 6.45) is 3.64. The van der Waals surface area contributed by atoms with E-state index in [0.717, 1.165) is 31.6 Å². The molecular weight excluding hydrogens is 370 g/mol. The van der Waals surface area contributed by atoms with E-state index in [1.165, 1.54) is 18.3 Å². The van der Waals surface area contributed by atoms with Gasteiger partial charge in [-0.2, -0.15) is 20.1 Å². The lowest BCUT2D eigenvalue weighted by molar-refractivity contribution is 0.450. The molecule has 9 nitrogen and oxygen atoms in total. The van der Waals surface area contributed by atoms with Gasteiger partial charge in [-0.1, -0.05) is 18.2 Å². The van der Waals surface area contributed by atoms with Gasteiger partial charge in [0.15, 0.2) is 0 Å². The van der Waals surface area contributed by atoms with Gasteiger partial charge in [0.25, 0.3) is 0 Å². The maximum atomic E-state index is 9.85. The van der Waals surface area contributed by atoms with E-state index in [-0.39, 0.29) is 17.4 Å². The fourth-order valence-corrected chi connectivity index (χ4v) is 2.98. The molecule has 2 aromatic carbocycles. The monoisotopic (exact) mass is 391 g/mol. The van der Waals surface area contributed by atoms with Crippen LogP contribution < -0.4 is 15.6 Å². The first-order valence-corrected chi connectivity index (χ1v) is 9.31. The summed E-state index contributed by atoms with van der Waals surface area (Å²) >= 11 is 0. The van der Waals surface area contributed by atoms with Gasteiger partial charge in [0, 0.05) is 30.4 Å². The quantitative estimate of drug-likeness (QED) is 0.374. The average Bonchev–Trinajstić information content (AvgIpc) is 3.25. The lowest BCUT2D eigenvalue weighted by Crippen LogP contribution is -2.21. The van der Waals surface area contributed by atoms with Crippen LogP contribution in [0.2, 0.25) is 0 Å². The number of para-hydroxylation sites is 1. The highest BCUT2D eigenvalue weighted by Gasteiger charge is 2.17. The first-order chi connectivity index (χ1) is 14.2. The molecule has 0 saturated carbocycles. The number of rotatable bonds is 6. The van der Waals surface area contributed by atoms with E-state index in [4.69, 9.17) is 0 Å². The number of aromatic nitrogens is 3. The number of benzene rings is 2. The Morgan fingerprint density at radius 2 is 1.69 bits per heavy atom. The molecule has 0 spiro atoms. The van der Waals surface area contributed by atoms with Gasteiger partial charge in [0.05, 0.1) is 6.21 Å². The third-order valence-corrected chi connectivity index (χ3v) is 4.42. The molecule has 0 amide bonds. The van der Waals surface area contributed by atoms with Crippen LogP contribution in [0.25, 0.3) is 0 Å². The highest BCUT2D eigenvalue weighted by atomic mass is 16.3. The Morgan fingerprint density at radius 1 is 0.931 bits per heavy atom. The fraction of sp³-hybridized carbons (Fsp3) is 0.200. The van der Waals surface area contributed by atoms with Gasteiger partial charge >= 0.3 is 0 Å². The SMILES string of the molecule is Oc1ccc(C=NNc2nc(Nc3ccccc3)nc(N3CCCC3)n2)c(O)c1. The number of phenols is 2. The summed E-state index contributed by atoms with van der Waals surface area (Å²) in [5, 5.41) is 26.5. The lowest BCUT2D eigenvalue weighted by Gasteiger charge is -2.16. The molecule has 0 radical (unpaired) electrons. The Kier molecular flexibility index (Phi) is 5.37. The fourth-order valence-electron chi connectivity index (χ4n) is 2.98. The standard InChI is InChI=1S/C20H21N7O2/c28-16-9-8-14(17(29)12-16)13-21-26-19-23-18(22-15-6-2-1-3-7-15)24-20(25-19)27-10-4-5-11-27/h1-3,6-9,12-13,28-29H,4-5,10-11H2,(H2,22,23,24,25,26). The van der Waals surface area contributed by atoms with Crippen LogP contribution in [0.5, 0.6) is 11.5 Å². The van der Waals surface area contributed by atoms with E-state index in [1.54, 1.807) is 6.07 Å².